The third-order valence-corrected chi connectivity index (χ3v) is 5.26. The number of hydrogen-bond donors (Lipinski definition) is 0. The number of carbonyl (C=O) groups excluding carboxylic acids is 3. The first-order chi connectivity index (χ1) is 13.4. The van der Waals surface area contributed by atoms with Gasteiger partial charge in [-0.25, -0.2) is 4.79 Å². The lowest BCUT2D eigenvalue weighted by molar-refractivity contribution is -0.157. The molecular weight excluding hydrogens is 358 g/mol. The molecular formula is C21H23N3O4. The van der Waals surface area contributed by atoms with Crippen LogP contribution in [0, 0.1) is 5.41 Å². The molecule has 1 fully saturated rings. The fourth-order valence-electron chi connectivity index (χ4n) is 3.58. The number of hydrogen-bond acceptors (Lipinski definition) is 5. The third-order valence-electron chi connectivity index (χ3n) is 5.26. The maximum Gasteiger partial charge on any atom is 0.332 e. The monoisotopic (exact) mass is 381 g/mol. The molecule has 0 unspecified atom stereocenters. The van der Waals surface area contributed by atoms with Crippen LogP contribution in [0.25, 0.3) is 0 Å². The van der Waals surface area contributed by atoms with Crippen molar-refractivity contribution in [3.05, 3.63) is 59.9 Å². The minimum absolute atomic E-state index is 0.210. The van der Waals surface area contributed by atoms with Gasteiger partial charge in [0.25, 0.3) is 0 Å². The lowest BCUT2D eigenvalue weighted by Gasteiger charge is -2.42. The second-order valence-electron chi connectivity index (χ2n) is 6.97. The fraction of sp³-hybridized carbons (Fsp3) is 0.333. The van der Waals surface area contributed by atoms with Crippen LogP contribution in [0.2, 0.25) is 0 Å². The van der Waals surface area contributed by atoms with Crippen LogP contribution in [0.3, 0.4) is 0 Å². The van der Waals surface area contributed by atoms with Crippen molar-refractivity contribution in [3.63, 3.8) is 0 Å². The highest BCUT2D eigenvalue weighted by Gasteiger charge is 2.54. The van der Waals surface area contributed by atoms with E-state index in [1.54, 1.807) is 31.6 Å². The van der Waals surface area contributed by atoms with Crippen molar-refractivity contribution in [1.82, 2.24) is 14.8 Å². The zero-order chi connectivity index (χ0) is 20.3. The topological polar surface area (TPSA) is 79.8 Å². The summed E-state index contributed by atoms with van der Waals surface area (Å²) < 4.78 is 5.18. The van der Waals surface area contributed by atoms with Gasteiger partial charge < -0.3 is 4.74 Å². The summed E-state index contributed by atoms with van der Waals surface area (Å²) in [5.74, 6) is -0.240. The normalized spacial score (nSPS) is 16.5. The van der Waals surface area contributed by atoms with E-state index in [0.29, 0.717) is 18.6 Å². The molecule has 1 aliphatic rings. The standard InChI is InChI=1S/C21H23N3O4/c1-23-18(25)21(19(26)24(2)20(23)27,11-8-15-9-12-22-13-10-15)14-16-4-6-17(28-3)7-5-16/h4-7,9-10,12-13H,8,11,14H2,1-3H3. The highest BCUT2D eigenvalue weighted by atomic mass is 16.5. The first-order valence-electron chi connectivity index (χ1n) is 9.01. The van der Waals surface area contributed by atoms with Gasteiger partial charge in [-0.2, -0.15) is 0 Å². The molecule has 2 aromatic rings. The summed E-state index contributed by atoms with van der Waals surface area (Å²) in [5.41, 5.74) is 0.468. The molecule has 7 nitrogen and oxygen atoms in total. The van der Waals surface area contributed by atoms with Gasteiger partial charge in [0.05, 0.1) is 7.11 Å². The van der Waals surface area contributed by atoms with Crippen LogP contribution >= 0.6 is 0 Å². The number of rotatable bonds is 6. The maximum absolute atomic E-state index is 13.2. The van der Waals surface area contributed by atoms with E-state index in [1.807, 2.05) is 24.3 Å². The molecule has 1 aromatic heterocycles. The van der Waals surface area contributed by atoms with Crippen LogP contribution in [0.15, 0.2) is 48.8 Å². The molecule has 3 rings (SSSR count). The number of aryl methyl sites for hydroxylation is 1. The van der Waals surface area contributed by atoms with Crippen LogP contribution in [0.4, 0.5) is 4.79 Å². The molecule has 146 valence electrons. The average molecular weight is 381 g/mol. The molecule has 7 heteroatoms. The highest BCUT2D eigenvalue weighted by molar-refractivity contribution is 6.18. The number of nitrogens with zero attached hydrogens (tertiary/aromatic N) is 3. The Morgan fingerprint density at radius 3 is 2.00 bits per heavy atom. The van der Waals surface area contributed by atoms with Crippen molar-refractivity contribution in [3.8, 4) is 5.75 Å². The summed E-state index contributed by atoms with van der Waals surface area (Å²) in [5, 5.41) is 0. The molecule has 1 saturated heterocycles. The van der Waals surface area contributed by atoms with Gasteiger partial charge in [-0.1, -0.05) is 12.1 Å². The van der Waals surface area contributed by atoms with Gasteiger partial charge in [-0.3, -0.25) is 24.4 Å². The minimum atomic E-state index is -1.34. The molecule has 1 aromatic carbocycles. The zero-order valence-corrected chi connectivity index (χ0v) is 16.2. The fourth-order valence-corrected chi connectivity index (χ4v) is 3.58. The number of amides is 4. The van der Waals surface area contributed by atoms with Gasteiger partial charge in [0.1, 0.15) is 11.2 Å². The average Bonchev–Trinajstić information content (AvgIpc) is 2.74. The Morgan fingerprint density at radius 2 is 1.46 bits per heavy atom. The molecule has 0 bridgehead atoms. The van der Waals surface area contributed by atoms with Gasteiger partial charge in [-0.05, 0) is 54.7 Å². The number of urea groups is 1. The molecule has 2 heterocycles. The van der Waals surface area contributed by atoms with E-state index < -0.39 is 23.3 Å². The van der Waals surface area contributed by atoms with E-state index in [0.717, 1.165) is 20.9 Å². The van der Waals surface area contributed by atoms with Crippen LogP contribution in [0.5, 0.6) is 5.75 Å². The largest absolute Gasteiger partial charge is 0.497 e. The first-order valence-corrected chi connectivity index (χ1v) is 9.01. The molecule has 0 N–H and O–H groups in total. The number of imide groups is 2. The Balaban J connectivity index is 1.97. The summed E-state index contributed by atoms with van der Waals surface area (Å²) in [4.78, 5) is 44.7. The van der Waals surface area contributed by atoms with Crippen molar-refractivity contribution >= 4 is 17.8 Å². The quantitative estimate of drug-likeness (QED) is 0.718. The van der Waals surface area contributed by atoms with Gasteiger partial charge in [0.15, 0.2) is 0 Å². The summed E-state index contributed by atoms with van der Waals surface area (Å²) in [6.07, 6.45) is 4.38. The Morgan fingerprint density at radius 1 is 0.893 bits per heavy atom. The number of carbonyl (C=O) groups is 3. The molecule has 1 aliphatic heterocycles. The Labute approximate surface area is 163 Å². The zero-order valence-electron chi connectivity index (χ0n) is 16.2. The number of methoxy groups -OCH3 is 1. The van der Waals surface area contributed by atoms with E-state index in [9.17, 15) is 14.4 Å². The molecule has 4 amide bonds. The first kappa shape index (κ1) is 19.5. The van der Waals surface area contributed by atoms with Crippen LogP contribution in [0.1, 0.15) is 17.5 Å². The number of barbiturate groups is 1. The highest BCUT2D eigenvalue weighted by Crippen LogP contribution is 2.37. The second kappa shape index (κ2) is 7.80. The van der Waals surface area contributed by atoms with Crippen LogP contribution in [-0.4, -0.2) is 53.8 Å². The van der Waals surface area contributed by atoms with E-state index in [-0.39, 0.29) is 6.42 Å². The van der Waals surface area contributed by atoms with E-state index in [2.05, 4.69) is 4.98 Å². The summed E-state index contributed by atoms with van der Waals surface area (Å²) in [6.45, 7) is 0. The molecule has 0 spiro atoms. The Hall–Kier alpha value is -3.22. The Kier molecular flexibility index (Phi) is 5.44. The second-order valence-corrected chi connectivity index (χ2v) is 6.97. The number of benzene rings is 1. The minimum Gasteiger partial charge on any atom is -0.497 e. The Bertz CT molecular complexity index is 856. The maximum atomic E-state index is 13.2. The van der Waals surface area contributed by atoms with Crippen LogP contribution < -0.4 is 4.74 Å². The number of pyridine rings is 1. The molecule has 0 radical (unpaired) electrons. The third kappa shape index (κ3) is 3.47. The summed E-state index contributed by atoms with van der Waals surface area (Å²) in [6, 6.07) is 10.4. The summed E-state index contributed by atoms with van der Waals surface area (Å²) >= 11 is 0. The van der Waals surface area contributed by atoms with Crippen LogP contribution in [-0.2, 0) is 22.4 Å². The van der Waals surface area contributed by atoms with Gasteiger partial charge in [0.2, 0.25) is 11.8 Å². The predicted octanol–water partition coefficient (Wildman–Crippen LogP) is 2.30. The van der Waals surface area contributed by atoms with E-state index >= 15 is 0 Å². The van der Waals surface area contributed by atoms with Crippen molar-refractivity contribution in [1.29, 1.82) is 0 Å². The van der Waals surface area contributed by atoms with Gasteiger partial charge in [0, 0.05) is 26.5 Å². The van der Waals surface area contributed by atoms with Crippen molar-refractivity contribution < 1.29 is 19.1 Å². The smallest absolute Gasteiger partial charge is 0.332 e. The van der Waals surface area contributed by atoms with Gasteiger partial charge in [-0.15, -0.1) is 0 Å². The van der Waals surface area contributed by atoms with Gasteiger partial charge >= 0.3 is 6.03 Å². The van der Waals surface area contributed by atoms with Crippen molar-refractivity contribution in [2.24, 2.45) is 5.41 Å². The van der Waals surface area contributed by atoms with E-state index in [4.69, 9.17) is 4.74 Å². The lowest BCUT2D eigenvalue weighted by atomic mass is 9.73. The number of ether oxygens (including phenoxy) is 1. The van der Waals surface area contributed by atoms with E-state index in [1.165, 1.54) is 14.1 Å². The van der Waals surface area contributed by atoms with Crippen molar-refractivity contribution in [2.75, 3.05) is 21.2 Å². The molecule has 0 saturated carbocycles. The predicted molar refractivity (Wildman–Crippen MR) is 103 cm³/mol. The lowest BCUT2D eigenvalue weighted by Crippen LogP contribution is -2.63. The molecule has 28 heavy (non-hydrogen) atoms. The molecule has 0 aliphatic carbocycles. The molecule has 0 atom stereocenters. The van der Waals surface area contributed by atoms with Crippen molar-refractivity contribution in [2.45, 2.75) is 19.3 Å². The summed E-state index contributed by atoms with van der Waals surface area (Å²) in [7, 11) is 4.42. The SMILES string of the molecule is COc1ccc(CC2(CCc3ccncc3)C(=O)N(C)C(=O)N(C)C2=O)cc1. The number of aromatic nitrogens is 1.